The average molecular weight is 311 g/mol. The first kappa shape index (κ1) is 14.4. The summed E-state index contributed by atoms with van der Waals surface area (Å²) < 4.78 is 3.16. The molecular weight excluding hydrogens is 298 g/mol. The summed E-state index contributed by atoms with van der Waals surface area (Å²) in [5.74, 6) is 0.265. The van der Waals surface area contributed by atoms with Crippen molar-refractivity contribution >= 4 is 17.4 Å². The number of aromatic nitrogens is 4. The van der Waals surface area contributed by atoms with E-state index in [1.54, 1.807) is 21.4 Å². The molecule has 0 radical (unpaired) electrons. The third-order valence-corrected chi connectivity index (χ3v) is 4.28. The van der Waals surface area contributed by atoms with Gasteiger partial charge in [0.1, 0.15) is 0 Å². The first-order valence-corrected chi connectivity index (χ1v) is 7.64. The maximum Gasteiger partial charge on any atom is 0.300 e. The molecule has 3 aromatic rings. The molecule has 0 fully saturated rings. The van der Waals surface area contributed by atoms with E-state index in [1.165, 1.54) is 17.3 Å². The van der Waals surface area contributed by atoms with Crippen LogP contribution in [-0.4, -0.2) is 24.9 Å². The van der Waals surface area contributed by atoms with Crippen molar-refractivity contribution in [2.75, 3.05) is 5.75 Å². The third-order valence-electron chi connectivity index (χ3n) is 3.47. The molecule has 0 atom stereocenters. The molecule has 110 valence electrons. The zero-order valence-electron chi connectivity index (χ0n) is 12.1. The molecule has 0 aliphatic heterocycles. The Bertz CT molecular complexity index is 951. The van der Waals surface area contributed by atoms with Crippen LogP contribution in [0.1, 0.15) is 11.1 Å². The van der Waals surface area contributed by atoms with Gasteiger partial charge in [-0.25, -0.2) is 0 Å². The molecule has 0 unspecified atom stereocenters. The molecular formula is C15H13N5OS. The summed E-state index contributed by atoms with van der Waals surface area (Å²) in [7, 11) is 0. The van der Waals surface area contributed by atoms with E-state index in [9.17, 15) is 4.79 Å². The molecule has 0 bridgehead atoms. The van der Waals surface area contributed by atoms with Crippen molar-refractivity contribution in [2.45, 2.75) is 19.0 Å². The average Bonchev–Trinajstić information content (AvgIpc) is 2.92. The lowest BCUT2D eigenvalue weighted by Crippen LogP contribution is -2.20. The van der Waals surface area contributed by atoms with Crippen molar-refractivity contribution in [2.24, 2.45) is 0 Å². The van der Waals surface area contributed by atoms with Gasteiger partial charge in [0, 0.05) is 18.1 Å². The number of aryl methyl sites for hydroxylation is 2. The molecule has 7 heteroatoms. The highest BCUT2D eigenvalue weighted by Crippen LogP contribution is 2.16. The summed E-state index contributed by atoms with van der Waals surface area (Å²) in [4.78, 5) is 12.6. The van der Waals surface area contributed by atoms with E-state index in [2.05, 4.69) is 10.2 Å². The molecule has 2 heterocycles. The number of hydrogen-bond acceptors (Lipinski definition) is 5. The van der Waals surface area contributed by atoms with E-state index < -0.39 is 0 Å². The van der Waals surface area contributed by atoms with Crippen molar-refractivity contribution in [3.63, 3.8) is 0 Å². The van der Waals surface area contributed by atoms with E-state index in [1.807, 2.05) is 38.1 Å². The molecule has 0 aliphatic carbocycles. The monoisotopic (exact) mass is 311 g/mol. The number of rotatable bonds is 3. The van der Waals surface area contributed by atoms with Gasteiger partial charge in [0.2, 0.25) is 5.65 Å². The summed E-state index contributed by atoms with van der Waals surface area (Å²) in [6.07, 6.45) is 3.44. The minimum atomic E-state index is -0.234. The van der Waals surface area contributed by atoms with E-state index in [0.29, 0.717) is 5.16 Å². The Balaban J connectivity index is 2.13. The molecule has 1 aromatic carbocycles. The van der Waals surface area contributed by atoms with Crippen LogP contribution in [0.25, 0.3) is 11.3 Å². The maximum atomic E-state index is 12.6. The fourth-order valence-electron chi connectivity index (χ4n) is 2.14. The van der Waals surface area contributed by atoms with Gasteiger partial charge in [-0.1, -0.05) is 17.8 Å². The van der Waals surface area contributed by atoms with Gasteiger partial charge < -0.3 is 0 Å². The van der Waals surface area contributed by atoms with Crippen LogP contribution in [0.5, 0.6) is 0 Å². The van der Waals surface area contributed by atoms with Gasteiger partial charge >= 0.3 is 5.56 Å². The lowest BCUT2D eigenvalue weighted by atomic mass is 10.1. The van der Waals surface area contributed by atoms with Crippen LogP contribution in [0.15, 0.2) is 40.5 Å². The van der Waals surface area contributed by atoms with Crippen molar-refractivity contribution in [3.05, 3.63) is 52.1 Å². The van der Waals surface area contributed by atoms with E-state index in [-0.39, 0.29) is 17.0 Å². The van der Waals surface area contributed by atoms with Crippen LogP contribution in [0.3, 0.4) is 0 Å². The Kier molecular flexibility index (Phi) is 3.69. The molecule has 22 heavy (non-hydrogen) atoms. The van der Waals surface area contributed by atoms with Crippen LogP contribution in [0, 0.1) is 25.2 Å². The Morgan fingerprint density at radius 3 is 2.77 bits per heavy atom. The summed E-state index contributed by atoms with van der Waals surface area (Å²) in [5.41, 5.74) is 3.11. The second-order valence-corrected chi connectivity index (χ2v) is 5.81. The Hall–Kier alpha value is -2.59. The standard InChI is InChI=1S/C15H13N5OS/c1-10-3-4-12(9-11(10)2)19-6-7-20-13(14(19)21)17-18-15(20)22-8-5-16/h3-4,6-7,9H,8H2,1-2H3. The van der Waals surface area contributed by atoms with Crippen molar-refractivity contribution in [1.82, 2.24) is 19.2 Å². The fraction of sp³-hybridized carbons (Fsp3) is 0.200. The molecule has 0 saturated carbocycles. The Labute approximate surface area is 131 Å². The third kappa shape index (κ3) is 2.38. The fourth-order valence-corrected chi connectivity index (χ4v) is 2.72. The Morgan fingerprint density at radius 2 is 2.05 bits per heavy atom. The van der Waals surface area contributed by atoms with E-state index in [4.69, 9.17) is 5.26 Å². The van der Waals surface area contributed by atoms with Crippen molar-refractivity contribution in [1.29, 1.82) is 5.26 Å². The molecule has 0 amide bonds. The van der Waals surface area contributed by atoms with Gasteiger partial charge in [-0.15, -0.1) is 10.2 Å². The number of nitriles is 1. The zero-order valence-corrected chi connectivity index (χ0v) is 13.0. The Morgan fingerprint density at radius 1 is 1.23 bits per heavy atom. The number of nitrogens with zero attached hydrogens (tertiary/aromatic N) is 5. The van der Waals surface area contributed by atoms with E-state index in [0.717, 1.165) is 11.3 Å². The summed E-state index contributed by atoms with van der Waals surface area (Å²) >= 11 is 1.25. The van der Waals surface area contributed by atoms with Gasteiger partial charge in [-0.2, -0.15) is 5.26 Å². The molecule has 2 aromatic heterocycles. The molecule has 0 aliphatic rings. The van der Waals surface area contributed by atoms with Crippen LogP contribution in [-0.2, 0) is 0 Å². The second kappa shape index (κ2) is 5.66. The van der Waals surface area contributed by atoms with Gasteiger partial charge in [-0.3, -0.25) is 13.8 Å². The number of hydrogen-bond donors (Lipinski definition) is 0. The lowest BCUT2D eigenvalue weighted by molar-refractivity contribution is 0.893. The molecule has 0 N–H and O–H groups in total. The number of benzene rings is 1. The summed E-state index contributed by atoms with van der Waals surface area (Å²) in [5, 5.41) is 17.1. The maximum absolute atomic E-state index is 12.6. The van der Waals surface area contributed by atoms with E-state index >= 15 is 0 Å². The highest BCUT2D eigenvalue weighted by Gasteiger charge is 2.12. The second-order valence-electron chi connectivity index (χ2n) is 4.86. The van der Waals surface area contributed by atoms with Gasteiger partial charge in [0.25, 0.3) is 0 Å². The smallest absolute Gasteiger partial charge is 0.280 e. The highest BCUT2D eigenvalue weighted by molar-refractivity contribution is 7.99. The molecule has 0 saturated heterocycles. The van der Waals surface area contributed by atoms with Crippen LogP contribution >= 0.6 is 11.8 Å². The zero-order chi connectivity index (χ0) is 15.7. The minimum Gasteiger partial charge on any atom is -0.280 e. The lowest BCUT2D eigenvalue weighted by Gasteiger charge is -2.08. The quantitative estimate of drug-likeness (QED) is 0.692. The van der Waals surface area contributed by atoms with Crippen molar-refractivity contribution in [3.8, 4) is 11.8 Å². The highest BCUT2D eigenvalue weighted by atomic mass is 32.2. The summed E-state index contributed by atoms with van der Waals surface area (Å²) in [6.45, 7) is 4.04. The first-order valence-electron chi connectivity index (χ1n) is 6.65. The SMILES string of the molecule is Cc1ccc(-n2ccn3c(SCC#N)nnc3c2=O)cc1C. The first-order chi connectivity index (χ1) is 10.6. The molecule has 6 nitrogen and oxygen atoms in total. The predicted molar refractivity (Wildman–Crippen MR) is 84.4 cm³/mol. The van der Waals surface area contributed by atoms with Crippen LogP contribution < -0.4 is 5.56 Å². The largest absolute Gasteiger partial charge is 0.300 e. The number of fused-ring (bicyclic) bond motifs is 1. The van der Waals surface area contributed by atoms with Gasteiger partial charge in [-0.05, 0) is 37.1 Å². The molecule has 3 rings (SSSR count). The topological polar surface area (TPSA) is 76.0 Å². The van der Waals surface area contributed by atoms with Crippen LogP contribution in [0.4, 0.5) is 0 Å². The van der Waals surface area contributed by atoms with Gasteiger partial charge in [0.05, 0.1) is 11.8 Å². The van der Waals surface area contributed by atoms with Crippen LogP contribution in [0.2, 0.25) is 0 Å². The summed E-state index contributed by atoms with van der Waals surface area (Å²) in [6, 6.07) is 7.89. The predicted octanol–water partition coefficient (Wildman–Crippen LogP) is 2.11. The van der Waals surface area contributed by atoms with Gasteiger partial charge in [0.15, 0.2) is 5.16 Å². The molecule has 0 spiro atoms. The minimum absolute atomic E-state index is 0.234. The normalized spacial score (nSPS) is 10.8. The van der Waals surface area contributed by atoms with Crippen molar-refractivity contribution < 1.29 is 0 Å². The number of thioether (sulfide) groups is 1.